The zero-order valence-corrected chi connectivity index (χ0v) is 12.0. The van der Waals surface area contributed by atoms with Gasteiger partial charge in [-0.1, -0.05) is 0 Å². The molecular weight excluding hydrogens is 308 g/mol. The predicted molar refractivity (Wildman–Crippen MR) is 79.3 cm³/mol. The molecule has 0 amide bonds. The molecule has 1 aliphatic rings. The van der Waals surface area contributed by atoms with E-state index in [0.717, 1.165) is 12.1 Å². The third kappa shape index (κ3) is 2.96. The summed E-state index contributed by atoms with van der Waals surface area (Å²) in [6.07, 6.45) is -0.696. The number of nitrogen functional groups attached to an aromatic ring is 1. The van der Waals surface area contributed by atoms with Crippen LogP contribution >= 0.6 is 0 Å². The molecule has 23 heavy (non-hydrogen) atoms. The van der Waals surface area contributed by atoms with E-state index in [1.54, 1.807) is 0 Å². The van der Waals surface area contributed by atoms with Crippen molar-refractivity contribution < 1.29 is 23.7 Å². The summed E-state index contributed by atoms with van der Waals surface area (Å²) in [6.45, 7) is -0.174. The minimum Gasteiger partial charge on any atom is -0.394 e. The number of halogens is 2. The summed E-state index contributed by atoms with van der Waals surface area (Å²) in [5.74, 6) is -1.35. The largest absolute Gasteiger partial charge is 0.394 e. The van der Waals surface area contributed by atoms with Gasteiger partial charge in [0.1, 0.15) is 23.6 Å². The fraction of sp³-hybridized carbons (Fsp3) is 0.267. The minimum atomic E-state index is -1.37. The molecule has 0 aliphatic carbocycles. The fourth-order valence-corrected chi connectivity index (χ4v) is 2.49. The Morgan fingerprint density at radius 2 is 2.00 bits per heavy atom. The number of aliphatic hydroxyl groups excluding tert-OH is 2. The van der Waals surface area contributed by atoms with Crippen LogP contribution in [0.3, 0.4) is 0 Å². The van der Waals surface area contributed by atoms with Crippen LogP contribution in [0.25, 0.3) is 11.1 Å². The van der Waals surface area contributed by atoms with Crippen molar-refractivity contribution in [3.63, 3.8) is 0 Å². The molecule has 0 saturated carbocycles. The van der Waals surface area contributed by atoms with Crippen LogP contribution < -0.4 is 10.6 Å². The molecule has 1 aromatic carbocycles. The Hall–Kier alpha value is -2.29. The summed E-state index contributed by atoms with van der Waals surface area (Å²) in [5.41, 5.74) is 5.61. The van der Waals surface area contributed by atoms with E-state index in [-0.39, 0.29) is 35.8 Å². The molecule has 8 heteroatoms. The van der Waals surface area contributed by atoms with E-state index in [9.17, 15) is 13.9 Å². The van der Waals surface area contributed by atoms with E-state index in [1.165, 1.54) is 23.2 Å². The Bertz CT molecular complexity index is 689. The topological polar surface area (TPSA) is 91.8 Å². The first-order valence-corrected chi connectivity index (χ1v) is 6.91. The maximum Gasteiger partial charge on any atom is 0.238 e. The molecule has 1 saturated heterocycles. The second-order valence-corrected chi connectivity index (χ2v) is 5.18. The molecule has 2 aromatic rings. The molecule has 3 rings (SSSR count). The molecule has 1 aliphatic heterocycles. The molecule has 1 fully saturated rings. The Balaban J connectivity index is 1.96. The van der Waals surface area contributed by atoms with Gasteiger partial charge in [-0.2, -0.15) is 0 Å². The summed E-state index contributed by atoms with van der Waals surface area (Å²) in [4.78, 5) is 5.08. The quantitative estimate of drug-likeness (QED) is 0.783. The summed E-state index contributed by atoms with van der Waals surface area (Å²) in [7, 11) is 0. The van der Waals surface area contributed by atoms with Gasteiger partial charge in [0.15, 0.2) is 0 Å². The van der Waals surface area contributed by atoms with Gasteiger partial charge in [-0.05, 0) is 24.3 Å². The third-order valence-corrected chi connectivity index (χ3v) is 3.62. The van der Waals surface area contributed by atoms with Crippen LogP contribution in [0.5, 0.6) is 0 Å². The minimum absolute atomic E-state index is 0.121. The van der Waals surface area contributed by atoms with Gasteiger partial charge in [0, 0.05) is 17.4 Å². The van der Waals surface area contributed by atoms with Crippen LogP contribution in [-0.2, 0) is 4.74 Å². The number of benzene rings is 1. The van der Waals surface area contributed by atoms with Crippen molar-refractivity contribution in [2.75, 3.05) is 23.8 Å². The maximum atomic E-state index is 14.4. The Labute approximate surface area is 130 Å². The normalized spacial score (nSPS) is 21.0. The number of hydrogen-bond acceptors (Lipinski definition) is 6. The van der Waals surface area contributed by atoms with Crippen molar-refractivity contribution in [1.29, 1.82) is 0 Å². The van der Waals surface area contributed by atoms with Gasteiger partial charge < -0.3 is 25.6 Å². The van der Waals surface area contributed by atoms with Crippen molar-refractivity contribution >= 4 is 11.5 Å². The van der Waals surface area contributed by atoms with Crippen molar-refractivity contribution in [1.82, 2.24) is 4.98 Å². The summed E-state index contributed by atoms with van der Waals surface area (Å²) < 4.78 is 33.8. The lowest BCUT2D eigenvalue weighted by Crippen LogP contribution is -2.30. The zero-order valence-electron chi connectivity index (χ0n) is 12.0. The summed E-state index contributed by atoms with van der Waals surface area (Å²) >= 11 is 0. The number of rotatable bonds is 3. The van der Waals surface area contributed by atoms with E-state index >= 15 is 0 Å². The molecule has 2 unspecified atom stereocenters. The van der Waals surface area contributed by atoms with E-state index in [2.05, 4.69) is 4.98 Å². The average Bonchev–Trinajstić information content (AvgIpc) is 2.89. The first kappa shape index (κ1) is 15.6. The summed E-state index contributed by atoms with van der Waals surface area (Å²) in [6, 6.07) is 5.12. The van der Waals surface area contributed by atoms with E-state index in [4.69, 9.17) is 15.6 Å². The van der Waals surface area contributed by atoms with Gasteiger partial charge in [-0.25, -0.2) is 13.8 Å². The fourth-order valence-electron chi connectivity index (χ4n) is 2.49. The van der Waals surface area contributed by atoms with Crippen LogP contribution in [0, 0.1) is 11.6 Å². The predicted octanol–water partition coefficient (Wildman–Crippen LogP) is 1.08. The summed E-state index contributed by atoms with van der Waals surface area (Å²) in [5, 5.41) is 18.8. The van der Waals surface area contributed by atoms with E-state index < -0.39 is 24.2 Å². The molecule has 4 N–H and O–H groups in total. The number of ether oxygens (including phenoxy) is 1. The number of nitrogens with zero attached hydrogens (tertiary/aromatic N) is 2. The Morgan fingerprint density at radius 3 is 2.52 bits per heavy atom. The van der Waals surface area contributed by atoms with Crippen molar-refractivity contribution in [2.45, 2.75) is 12.5 Å². The first-order chi connectivity index (χ1) is 11.0. The molecule has 2 atom stereocenters. The average molecular weight is 323 g/mol. The number of aliphatic hydroxyl groups is 2. The van der Waals surface area contributed by atoms with Crippen LogP contribution in [0.2, 0.25) is 0 Å². The van der Waals surface area contributed by atoms with E-state index in [1.807, 2.05) is 0 Å². The highest BCUT2D eigenvalue weighted by Gasteiger charge is 2.32. The number of aromatic nitrogens is 1. The van der Waals surface area contributed by atoms with Crippen molar-refractivity contribution in [3.8, 4) is 11.1 Å². The standard InChI is InChI=1S/C15H15F2N3O3/c16-11-3-9(20-6-10(7-21)23-15(20)22)4-12(17)14(11)8-1-2-13(18)19-5-8/h1-5,10,15,21-22H,6-7H2,(H2,18,19). The lowest BCUT2D eigenvalue weighted by atomic mass is 10.1. The molecule has 0 bridgehead atoms. The number of hydrogen-bond donors (Lipinski definition) is 3. The molecule has 122 valence electrons. The highest BCUT2D eigenvalue weighted by atomic mass is 19.1. The van der Waals surface area contributed by atoms with Crippen LogP contribution in [-0.4, -0.2) is 40.9 Å². The molecule has 0 spiro atoms. The number of anilines is 2. The molecule has 1 aromatic heterocycles. The van der Waals surface area contributed by atoms with Crippen LogP contribution in [0.4, 0.5) is 20.3 Å². The Morgan fingerprint density at radius 1 is 1.30 bits per heavy atom. The van der Waals surface area contributed by atoms with Gasteiger partial charge in [0.05, 0.1) is 18.7 Å². The SMILES string of the molecule is Nc1ccc(-c2c(F)cc(N3CC(CO)OC3O)cc2F)cn1. The van der Waals surface area contributed by atoms with E-state index in [0.29, 0.717) is 0 Å². The highest BCUT2D eigenvalue weighted by molar-refractivity contribution is 5.68. The second-order valence-electron chi connectivity index (χ2n) is 5.18. The van der Waals surface area contributed by atoms with Gasteiger partial charge >= 0.3 is 0 Å². The van der Waals surface area contributed by atoms with Crippen molar-refractivity contribution in [3.05, 3.63) is 42.1 Å². The second kappa shape index (κ2) is 6.07. The van der Waals surface area contributed by atoms with Gasteiger partial charge in [0.2, 0.25) is 6.41 Å². The molecule has 0 radical (unpaired) electrons. The molecule has 2 heterocycles. The first-order valence-electron chi connectivity index (χ1n) is 6.91. The maximum absolute atomic E-state index is 14.4. The Kier molecular flexibility index (Phi) is 4.12. The molecular formula is C15H15F2N3O3. The monoisotopic (exact) mass is 323 g/mol. The van der Waals surface area contributed by atoms with Gasteiger partial charge in [0.25, 0.3) is 0 Å². The third-order valence-electron chi connectivity index (χ3n) is 3.62. The van der Waals surface area contributed by atoms with Gasteiger partial charge in [-0.3, -0.25) is 0 Å². The smallest absolute Gasteiger partial charge is 0.238 e. The number of pyridine rings is 1. The lowest BCUT2D eigenvalue weighted by Gasteiger charge is -2.21. The van der Waals surface area contributed by atoms with Gasteiger partial charge in [-0.15, -0.1) is 0 Å². The lowest BCUT2D eigenvalue weighted by molar-refractivity contribution is -0.0989. The molecule has 6 nitrogen and oxygen atoms in total. The zero-order chi connectivity index (χ0) is 16.6. The van der Waals surface area contributed by atoms with Crippen LogP contribution in [0.15, 0.2) is 30.5 Å². The highest BCUT2D eigenvalue weighted by Crippen LogP contribution is 2.32. The van der Waals surface area contributed by atoms with Crippen molar-refractivity contribution in [2.24, 2.45) is 0 Å². The number of nitrogens with two attached hydrogens (primary N) is 1. The van der Waals surface area contributed by atoms with Crippen LogP contribution in [0.1, 0.15) is 0 Å².